The van der Waals surface area contributed by atoms with Crippen LogP contribution in [-0.2, 0) is 0 Å². The van der Waals surface area contributed by atoms with E-state index in [0.29, 0.717) is 12.5 Å². The lowest BCUT2D eigenvalue weighted by atomic mass is 9.99. The SMILES string of the molecule is CN1C2CCC1C(F)C(O)C2. The number of hydrogen-bond acceptors (Lipinski definition) is 2. The summed E-state index contributed by atoms with van der Waals surface area (Å²) in [5.41, 5.74) is 0. The standard InChI is InChI=1S/C8H14FNO/c1-10-5-2-3-6(10)8(9)7(11)4-5/h5-8,11H,2-4H2,1H3. The minimum atomic E-state index is -1.02. The third-order valence-corrected chi connectivity index (χ3v) is 3.14. The zero-order chi connectivity index (χ0) is 8.01. The van der Waals surface area contributed by atoms with Crippen LogP contribution in [0.1, 0.15) is 19.3 Å². The van der Waals surface area contributed by atoms with Gasteiger partial charge in [-0.25, -0.2) is 4.39 Å². The Labute approximate surface area is 66.0 Å². The van der Waals surface area contributed by atoms with E-state index in [1.165, 1.54) is 0 Å². The average molecular weight is 159 g/mol. The first-order valence-corrected chi connectivity index (χ1v) is 4.24. The second kappa shape index (κ2) is 2.42. The Bertz CT molecular complexity index is 164. The molecule has 4 atom stereocenters. The molecule has 2 fully saturated rings. The van der Waals surface area contributed by atoms with E-state index in [2.05, 4.69) is 4.90 Å². The van der Waals surface area contributed by atoms with Crippen LogP contribution in [0.4, 0.5) is 4.39 Å². The molecule has 0 spiro atoms. The van der Waals surface area contributed by atoms with Crippen molar-refractivity contribution in [2.75, 3.05) is 7.05 Å². The van der Waals surface area contributed by atoms with Crippen molar-refractivity contribution in [2.45, 2.75) is 43.6 Å². The van der Waals surface area contributed by atoms with Gasteiger partial charge in [-0.2, -0.15) is 0 Å². The second-order valence-electron chi connectivity index (χ2n) is 3.71. The van der Waals surface area contributed by atoms with Crippen LogP contribution in [0.3, 0.4) is 0 Å². The van der Waals surface area contributed by atoms with E-state index in [0.717, 1.165) is 12.8 Å². The fourth-order valence-electron chi connectivity index (χ4n) is 2.37. The molecule has 0 aliphatic carbocycles. The molecule has 0 aromatic rings. The number of aliphatic hydroxyl groups is 1. The van der Waals surface area contributed by atoms with Crippen molar-refractivity contribution in [2.24, 2.45) is 0 Å². The molecule has 0 aromatic carbocycles. The molecule has 2 aliphatic heterocycles. The van der Waals surface area contributed by atoms with E-state index in [9.17, 15) is 9.50 Å². The topological polar surface area (TPSA) is 23.5 Å². The zero-order valence-electron chi connectivity index (χ0n) is 6.70. The highest BCUT2D eigenvalue weighted by molar-refractivity contribution is 4.99. The van der Waals surface area contributed by atoms with Crippen molar-refractivity contribution < 1.29 is 9.50 Å². The molecule has 2 saturated heterocycles. The molecule has 2 heterocycles. The molecule has 4 unspecified atom stereocenters. The highest BCUT2D eigenvalue weighted by Gasteiger charge is 2.45. The molecule has 3 heteroatoms. The maximum atomic E-state index is 13.2. The molecule has 2 aliphatic rings. The molecular weight excluding hydrogens is 145 g/mol. The van der Waals surface area contributed by atoms with E-state index in [1.807, 2.05) is 7.05 Å². The van der Waals surface area contributed by atoms with E-state index in [4.69, 9.17) is 0 Å². The maximum absolute atomic E-state index is 13.2. The monoisotopic (exact) mass is 159 g/mol. The second-order valence-corrected chi connectivity index (χ2v) is 3.71. The Kier molecular flexibility index (Phi) is 1.65. The van der Waals surface area contributed by atoms with Gasteiger partial charge >= 0.3 is 0 Å². The van der Waals surface area contributed by atoms with Crippen LogP contribution >= 0.6 is 0 Å². The van der Waals surface area contributed by atoms with Gasteiger partial charge in [0.1, 0.15) is 6.17 Å². The predicted octanol–water partition coefficient (Wildman–Crippen LogP) is 0.552. The summed E-state index contributed by atoms with van der Waals surface area (Å²) in [6, 6.07) is 0.422. The number of nitrogens with zero attached hydrogens (tertiary/aromatic N) is 1. The number of alkyl halides is 1. The minimum absolute atomic E-state index is 0.0104. The highest BCUT2D eigenvalue weighted by atomic mass is 19.1. The van der Waals surface area contributed by atoms with Crippen molar-refractivity contribution >= 4 is 0 Å². The highest BCUT2D eigenvalue weighted by Crippen LogP contribution is 2.35. The molecule has 0 radical (unpaired) electrons. The molecule has 0 aromatic heterocycles. The average Bonchev–Trinajstić information content (AvgIpc) is 2.23. The van der Waals surface area contributed by atoms with Gasteiger partial charge in [0.25, 0.3) is 0 Å². The first-order valence-electron chi connectivity index (χ1n) is 4.24. The van der Waals surface area contributed by atoms with Crippen LogP contribution in [0.2, 0.25) is 0 Å². The van der Waals surface area contributed by atoms with E-state index >= 15 is 0 Å². The Hall–Kier alpha value is -0.150. The first-order chi connectivity index (χ1) is 5.20. The van der Waals surface area contributed by atoms with Gasteiger partial charge in [-0.1, -0.05) is 0 Å². The van der Waals surface area contributed by atoms with Crippen molar-refractivity contribution in [3.8, 4) is 0 Å². The van der Waals surface area contributed by atoms with Gasteiger partial charge < -0.3 is 5.11 Å². The summed E-state index contributed by atoms with van der Waals surface area (Å²) in [4.78, 5) is 2.08. The van der Waals surface area contributed by atoms with Crippen LogP contribution in [0.25, 0.3) is 0 Å². The lowest BCUT2D eigenvalue weighted by molar-refractivity contribution is -0.0247. The molecule has 11 heavy (non-hydrogen) atoms. The number of fused-ring (bicyclic) bond motifs is 2. The molecule has 64 valence electrons. The smallest absolute Gasteiger partial charge is 0.141 e. The van der Waals surface area contributed by atoms with Crippen molar-refractivity contribution in [3.63, 3.8) is 0 Å². The zero-order valence-corrected chi connectivity index (χ0v) is 6.70. The number of rotatable bonds is 0. The molecule has 2 rings (SSSR count). The summed E-state index contributed by atoms with van der Waals surface area (Å²) in [7, 11) is 1.96. The molecular formula is C8H14FNO. The quantitative estimate of drug-likeness (QED) is 0.558. The summed E-state index contributed by atoms with van der Waals surface area (Å²) in [5.74, 6) is 0. The van der Waals surface area contributed by atoms with Gasteiger partial charge in [0, 0.05) is 12.1 Å². The van der Waals surface area contributed by atoms with Gasteiger partial charge in [-0.05, 0) is 26.3 Å². The lowest BCUT2D eigenvalue weighted by Gasteiger charge is -2.36. The Balaban J connectivity index is 2.16. The number of hydrogen-bond donors (Lipinski definition) is 1. The molecule has 1 N–H and O–H groups in total. The first kappa shape index (κ1) is 7.50. The van der Waals surface area contributed by atoms with Gasteiger partial charge in [0.05, 0.1) is 6.10 Å². The van der Waals surface area contributed by atoms with Gasteiger partial charge in [0.15, 0.2) is 0 Å². The third kappa shape index (κ3) is 0.983. The third-order valence-electron chi connectivity index (χ3n) is 3.14. The van der Waals surface area contributed by atoms with Crippen LogP contribution in [0.5, 0.6) is 0 Å². The Morgan fingerprint density at radius 2 is 2.18 bits per heavy atom. The van der Waals surface area contributed by atoms with Gasteiger partial charge in [0.2, 0.25) is 0 Å². The summed E-state index contributed by atoms with van der Waals surface area (Å²) in [6.45, 7) is 0. The van der Waals surface area contributed by atoms with Crippen LogP contribution < -0.4 is 0 Å². The van der Waals surface area contributed by atoms with Crippen LogP contribution in [0, 0.1) is 0 Å². The van der Waals surface area contributed by atoms with E-state index in [1.54, 1.807) is 0 Å². The maximum Gasteiger partial charge on any atom is 0.141 e. The normalized spacial score (nSPS) is 51.5. The fourth-order valence-corrected chi connectivity index (χ4v) is 2.37. The summed E-state index contributed by atoms with van der Waals surface area (Å²) < 4.78 is 13.2. The number of aliphatic hydroxyl groups excluding tert-OH is 1. The van der Waals surface area contributed by atoms with Crippen molar-refractivity contribution in [1.82, 2.24) is 4.90 Å². The Morgan fingerprint density at radius 3 is 2.91 bits per heavy atom. The summed E-state index contributed by atoms with van der Waals surface area (Å²) >= 11 is 0. The molecule has 2 bridgehead atoms. The fraction of sp³-hybridized carbons (Fsp3) is 1.00. The van der Waals surface area contributed by atoms with Crippen LogP contribution in [0.15, 0.2) is 0 Å². The van der Waals surface area contributed by atoms with E-state index in [-0.39, 0.29) is 6.04 Å². The predicted molar refractivity (Wildman–Crippen MR) is 40.1 cm³/mol. The molecule has 0 amide bonds. The van der Waals surface area contributed by atoms with Gasteiger partial charge in [-0.15, -0.1) is 0 Å². The largest absolute Gasteiger partial charge is 0.390 e. The molecule has 0 saturated carbocycles. The minimum Gasteiger partial charge on any atom is -0.390 e. The number of piperidine rings is 1. The van der Waals surface area contributed by atoms with E-state index < -0.39 is 12.3 Å². The van der Waals surface area contributed by atoms with Crippen molar-refractivity contribution in [3.05, 3.63) is 0 Å². The lowest BCUT2D eigenvalue weighted by Crippen LogP contribution is -2.50. The summed E-state index contributed by atoms with van der Waals surface area (Å²) in [6.07, 6.45) is 0.870. The van der Waals surface area contributed by atoms with Gasteiger partial charge in [-0.3, -0.25) is 4.90 Å². The summed E-state index contributed by atoms with van der Waals surface area (Å²) in [5, 5.41) is 9.27. The van der Waals surface area contributed by atoms with Crippen LogP contribution in [-0.4, -0.2) is 41.4 Å². The van der Waals surface area contributed by atoms with Crippen molar-refractivity contribution in [1.29, 1.82) is 0 Å². The Morgan fingerprint density at radius 1 is 1.45 bits per heavy atom. The number of halogens is 1. The molecule has 2 nitrogen and oxygen atoms in total.